The maximum atomic E-state index is 6.41. The summed E-state index contributed by atoms with van der Waals surface area (Å²) < 4.78 is 12.7. The lowest BCUT2D eigenvalue weighted by Gasteiger charge is -2.39. The summed E-state index contributed by atoms with van der Waals surface area (Å²) in [4.78, 5) is 0. The molecular formula is C37H36BO2. The Morgan fingerprint density at radius 2 is 1.23 bits per heavy atom. The molecule has 1 radical (unpaired) electrons. The molecule has 1 heterocycles. The van der Waals surface area contributed by atoms with Crippen molar-refractivity contribution in [2.75, 3.05) is 0 Å². The normalized spacial score (nSPS) is 13.7. The quantitative estimate of drug-likeness (QED) is 0.208. The molecule has 199 valence electrons. The van der Waals surface area contributed by atoms with Crippen molar-refractivity contribution < 1.29 is 9.07 Å². The second-order valence-corrected chi connectivity index (χ2v) is 12.3. The molecule has 1 aliphatic carbocycles. The molecule has 0 saturated heterocycles. The van der Waals surface area contributed by atoms with Gasteiger partial charge in [-0.25, -0.2) is 0 Å². The van der Waals surface area contributed by atoms with E-state index in [9.17, 15) is 0 Å². The molecule has 3 heteroatoms. The van der Waals surface area contributed by atoms with Gasteiger partial charge in [0.2, 0.25) is 0 Å². The van der Waals surface area contributed by atoms with Crippen molar-refractivity contribution >= 4 is 30.0 Å². The first-order chi connectivity index (χ1) is 19.2. The number of benzene rings is 4. The van der Waals surface area contributed by atoms with Crippen LogP contribution in [0.1, 0.15) is 47.5 Å². The highest BCUT2D eigenvalue weighted by Crippen LogP contribution is 2.34. The van der Waals surface area contributed by atoms with Crippen LogP contribution in [0.25, 0.3) is 55.9 Å². The molecule has 0 fully saturated rings. The Hall–Kier alpha value is -3.82. The van der Waals surface area contributed by atoms with Gasteiger partial charge in [0, 0.05) is 10.6 Å². The third-order valence-corrected chi connectivity index (χ3v) is 8.60. The van der Waals surface area contributed by atoms with Crippen LogP contribution in [0, 0.1) is 5.41 Å². The lowest BCUT2D eigenvalue weighted by molar-refractivity contribution is 0.00505. The van der Waals surface area contributed by atoms with Crippen LogP contribution in [0.15, 0.2) is 101 Å². The smallest absolute Gasteiger partial charge is 0.327 e. The summed E-state index contributed by atoms with van der Waals surface area (Å²) in [7, 11) is 1.98. The topological polar surface area (TPSA) is 22.4 Å². The zero-order chi connectivity index (χ0) is 27.9. The molecule has 1 aliphatic rings. The molecule has 0 amide bonds. The van der Waals surface area contributed by atoms with Crippen LogP contribution in [0.4, 0.5) is 0 Å². The average Bonchev–Trinajstić information content (AvgIpc) is 3.35. The standard InChI is InChI=1S/C37H36BO2/c1-36(2,3)37(4,5)40-38-32-15-10-16-34-35(32)31-24-30(21-22-33(31)39-34)29-14-9-13-28(23-29)27-19-17-26(18-20-27)25-11-7-6-8-12-25/h6-9,11-14,16-24H,10,15H2,1-5H3. The van der Waals surface area contributed by atoms with Gasteiger partial charge in [-0.3, -0.25) is 0 Å². The lowest BCUT2D eigenvalue weighted by Crippen LogP contribution is -2.41. The molecule has 0 N–H and O–H groups in total. The van der Waals surface area contributed by atoms with Gasteiger partial charge < -0.3 is 9.07 Å². The zero-order valence-corrected chi connectivity index (χ0v) is 24.1. The van der Waals surface area contributed by atoms with Crippen LogP contribution in [-0.4, -0.2) is 13.1 Å². The van der Waals surface area contributed by atoms with Gasteiger partial charge in [0.1, 0.15) is 11.0 Å². The minimum atomic E-state index is -0.286. The predicted octanol–water partition coefficient (Wildman–Crippen LogP) is 8.58. The molecule has 0 saturated carbocycles. The number of hydrogen-bond acceptors (Lipinski definition) is 2. The Morgan fingerprint density at radius 3 is 1.93 bits per heavy atom. The molecule has 2 nitrogen and oxygen atoms in total. The second-order valence-electron chi connectivity index (χ2n) is 12.3. The fourth-order valence-corrected chi connectivity index (χ4v) is 5.13. The second kappa shape index (κ2) is 10.3. The minimum absolute atomic E-state index is 0.0200. The summed E-state index contributed by atoms with van der Waals surface area (Å²) in [5, 5.41) is 2.31. The minimum Gasteiger partial charge on any atom is -0.456 e. The SMILES string of the molecule is CC(C)(C)C(C)(C)O[B]C1=c2c(oc3ccc(-c4cccc(-c5ccc(-c6ccccc6)cc5)c4)cc23)=CCC1. The van der Waals surface area contributed by atoms with Crippen LogP contribution in [-0.2, 0) is 4.65 Å². The van der Waals surface area contributed by atoms with Gasteiger partial charge in [-0.15, -0.1) is 0 Å². The van der Waals surface area contributed by atoms with Crippen LogP contribution < -0.4 is 10.6 Å². The predicted molar refractivity (Wildman–Crippen MR) is 169 cm³/mol. The van der Waals surface area contributed by atoms with Crippen molar-refractivity contribution in [1.29, 1.82) is 0 Å². The van der Waals surface area contributed by atoms with E-state index < -0.39 is 0 Å². The first-order valence-electron chi connectivity index (χ1n) is 14.2. The molecule has 0 unspecified atom stereocenters. The monoisotopic (exact) mass is 523 g/mol. The van der Waals surface area contributed by atoms with Crippen molar-refractivity contribution in [3.63, 3.8) is 0 Å². The Balaban J connectivity index is 1.35. The summed E-state index contributed by atoms with van der Waals surface area (Å²) in [5.74, 6) is 0. The fraction of sp³-hybridized carbons (Fsp3) is 0.243. The number of hydrogen-bond donors (Lipinski definition) is 0. The van der Waals surface area contributed by atoms with Gasteiger partial charge in [0.25, 0.3) is 0 Å². The maximum Gasteiger partial charge on any atom is 0.327 e. The van der Waals surface area contributed by atoms with Gasteiger partial charge in [-0.2, -0.15) is 0 Å². The summed E-state index contributed by atoms with van der Waals surface area (Å²) in [5.41, 5.74) is 10.1. The van der Waals surface area contributed by atoms with Crippen LogP contribution in [0.3, 0.4) is 0 Å². The first-order valence-corrected chi connectivity index (χ1v) is 14.2. The summed E-state index contributed by atoms with van der Waals surface area (Å²) in [6, 6.07) is 34.7. The van der Waals surface area contributed by atoms with Crippen molar-refractivity contribution in [2.24, 2.45) is 5.41 Å². The van der Waals surface area contributed by atoms with E-state index in [0.717, 1.165) is 29.2 Å². The average molecular weight is 524 g/mol. The van der Waals surface area contributed by atoms with E-state index in [1.165, 1.54) is 44.1 Å². The third-order valence-electron chi connectivity index (χ3n) is 8.60. The molecule has 0 atom stereocenters. The zero-order valence-electron chi connectivity index (χ0n) is 24.1. The summed E-state index contributed by atoms with van der Waals surface area (Å²) in [6.07, 6.45) is 4.11. The number of furan rings is 1. The largest absolute Gasteiger partial charge is 0.456 e. The third kappa shape index (κ3) is 5.07. The molecule has 0 aliphatic heterocycles. The van der Waals surface area contributed by atoms with E-state index in [-0.39, 0.29) is 11.0 Å². The molecule has 5 aromatic rings. The molecule has 6 rings (SSSR count). The van der Waals surface area contributed by atoms with Crippen LogP contribution in [0.2, 0.25) is 0 Å². The van der Waals surface area contributed by atoms with Crippen LogP contribution in [0.5, 0.6) is 0 Å². The van der Waals surface area contributed by atoms with E-state index in [0.29, 0.717) is 0 Å². The number of fused-ring (bicyclic) bond motifs is 3. The molecular weight excluding hydrogens is 487 g/mol. The molecule has 4 aromatic carbocycles. The molecule has 1 aromatic heterocycles. The first kappa shape index (κ1) is 26.4. The van der Waals surface area contributed by atoms with Crippen molar-refractivity contribution in [3.8, 4) is 33.4 Å². The van der Waals surface area contributed by atoms with Crippen LogP contribution >= 0.6 is 0 Å². The Labute approximate surface area is 238 Å². The Kier molecular flexibility index (Phi) is 6.80. The lowest BCUT2D eigenvalue weighted by atomic mass is 9.74. The maximum absolute atomic E-state index is 6.41. The van der Waals surface area contributed by atoms with Gasteiger partial charge in [-0.05, 0) is 89.8 Å². The van der Waals surface area contributed by atoms with Crippen molar-refractivity contribution in [2.45, 2.75) is 53.1 Å². The summed E-state index contributed by atoms with van der Waals surface area (Å²) in [6.45, 7) is 11.0. The van der Waals surface area contributed by atoms with E-state index in [1.807, 2.05) is 7.48 Å². The van der Waals surface area contributed by atoms with Gasteiger partial charge in [0.05, 0.1) is 5.60 Å². The van der Waals surface area contributed by atoms with Gasteiger partial charge >= 0.3 is 7.48 Å². The highest BCUT2D eigenvalue weighted by Gasteiger charge is 2.34. The highest BCUT2D eigenvalue weighted by atomic mass is 16.5. The Morgan fingerprint density at radius 1 is 0.650 bits per heavy atom. The molecule has 0 bridgehead atoms. The van der Waals surface area contributed by atoms with E-state index in [1.54, 1.807) is 0 Å². The molecule has 40 heavy (non-hydrogen) atoms. The van der Waals surface area contributed by atoms with Gasteiger partial charge in [0.15, 0.2) is 0 Å². The van der Waals surface area contributed by atoms with Gasteiger partial charge in [-0.1, -0.05) is 105 Å². The summed E-state index contributed by atoms with van der Waals surface area (Å²) >= 11 is 0. The van der Waals surface area contributed by atoms with E-state index in [2.05, 4.69) is 138 Å². The fourth-order valence-electron chi connectivity index (χ4n) is 5.13. The molecule has 0 spiro atoms. The van der Waals surface area contributed by atoms with Crippen molar-refractivity contribution in [3.05, 3.63) is 108 Å². The number of rotatable bonds is 6. The van der Waals surface area contributed by atoms with Crippen molar-refractivity contribution in [1.82, 2.24) is 0 Å². The van der Waals surface area contributed by atoms with E-state index in [4.69, 9.17) is 9.07 Å². The highest BCUT2D eigenvalue weighted by molar-refractivity contribution is 6.52. The van der Waals surface area contributed by atoms with E-state index >= 15 is 0 Å². The Bertz CT molecular complexity index is 1790.